The molecule has 3 aromatic rings. The fraction of sp³-hybridized carbons (Fsp3) is 0.323. The average molecular weight is 487 g/mol. The smallest absolute Gasteiger partial charge is 0.303 e. The average Bonchev–Trinajstić information content (AvgIpc) is 3.29. The van der Waals surface area contributed by atoms with Crippen molar-refractivity contribution >= 4 is 11.5 Å². The molecule has 0 aromatic heterocycles. The molecule has 0 fully saturated rings. The van der Waals surface area contributed by atoms with Crippen LogP contribution in [0.25, 0.3) is 16.7 Å². The number of hydrogen-bond donors (Lipinski definition) is 1. The predicted octanol–water partition coefficient (Wildman–Crippen LogP) is 7.54. The Hall–Kier alpha value is -3.60. The summed E-state index contributed by atoms with van der Waals surface area (Å²) in [7, 11) is 1.59. The van der Waals surface area contributed by atoms with Gasteiger partial charge in [0.25, 0.3) is 0 Å². The summed E-state index contributed by atoms with van der Waals surface area (Å²) in [6.45, 7) is 0.379. The van der Waals surface area contributed by atoms with Gasteiger partial charge in [-0.1, -0.05) is 24.3 Å². The summed E-state index contributed by atoms with van der Waals surface area (Å²) < 4.78 is 26.4. The van der Waals surface area contributed by atoms with Gasteiger partial charge in [0.15, 0.2) is 0 Å². The van der Waals surface area contributed by atoms with Crippen LogP contribution in [0.4, 0.5) is 4.39 Å². The first-order valence-corrected chi connectivity index (χ1v) is 12.7. The Morgan fingerprint density at radius 1 is 0.972 bits per heavy atom. The lowest BCUT2D eigenvalue weighted by Crippen LogP contribution is -2.04. The van der Waals surface area contributed by atoms with E-state index >= 15 is 0 Å². The molecule has 1 atom stereocenters. The number of carboxylic acids is 1. The van der Waals surface area contributed by atoms with Crippen LogP contribution < -0.4 is 9.47 Å². The number of carbonyl (C=O) groups is 1. The maximum Gasteiger partial charge on any atom is 0.303 e. The lowest BCUT2D eigenvalue weighted by molar-refractivity contribution is -0.137. The Kier molecular flexibility index (Phi) is 7.08. The number of ether oxygens (including phenoxy) is 2. The minimum atomic E-state index is -0.767. The molecular formula is C31H31FO4. The molecule has 36 heavy (non-hydrogen) atoms. The van der Waals surface area contributed by atoms with Gasteiger partial charge in [0.2, 0.25) is 0 Å². The highest BCUT2D eigenvalue weighted by Crippen LogP contribution is 2.39. The van der Waals surface area contributed by atoms with Crippen molar-refractivity contribution in [3.05, 3.63) is 88.7 Å². The first kappa shape index (κ1) is 24.1. The highest BCUT2D eigenvalue weighted by Gasteiger charge is 2.25. The number of methoxy groups -OCH3 is 1. The van der Waals surface area contributed by atoms with Gasteiger partial charge in [-0.3, -0.25) is 4.79 Å². The number of halogens is 1. The zero-order valence-corrected chi connectivity index (χ0v) is 20.6. The third-order valence-electron chi connectivity index (χ3n) is 7.33. The highest BCUT2D eigenvalue weighted by molar-refractivity contribution is 5.82. The van der Waals surface area contributed by atoms with Crippen molar-refractivity contribution in [2.45, 2.75) is 57.5 Å². The first-order chi connectivity index (χ1) is 17.5. The maximum absolute atomic E-state index is 14.9. The number of carboxylic acid groups (broad SMARTS) is 1. The molecule has 0 saturated heterocycles. The molecule has 5 heteroatoms. The summed E-state index contributed by atoms with van der Waals surface area (Å²) >= 11 is 0. The number of benzene rings is 3. The molecule has 0 aliphatic heterocycles. The quantitative estimate of drug-likeness (QED) is 0.357. The molecule has 3 aromatic carbocycles. The van der Waals surface area contributed by atoms with E-state index in [9.17, 15) is 14.3 Å². The summed E-state index contributed by atoms with van der Waals surface area (Å²) in [5, 5.41) is 9.24. The van der Waals surface area contributed by atoms with Crippen molar-refractivity contribution in [2.24, 2.45) is 0 Å². The van der Waals surface area contributed by atoms with E-state index in [1.54, 1.807) is 19.2 Å². The summed E-state index contributed by atoms with van der Waals surface area (Å²) in [5.41, 5.74) is 6.99. The molecule has 2 aliphatic carbocycles. The molecule has 0 heterocycles. The van der Waals surface area contributed by atoms with Crippen LogP contribution in [0.5, 0.6) is 11.5 Å². The molecule has 0 saturated carbocycles. The molecule has 0 unspecified atom stereocenters. The first-order valence-electron chi connectivity index (χ1n) is 12.7. The van der Waals surface area contributed by atoms with Gasteiger partial charge in [-0.05, 0) is 114 Å². The fourth-order valence-electron chi connectivity index (χ4n) is 5.45. The maximum atomic E-state index is 14.9. The number of aryl methyl sites for hydroxylation is 1. The number of allylic oxidation sites excluding steroid dienone is 2. The van der Waals surface area contributed by atoms with E-state index in [0.29, 0.717) is 17.9 Å². The van der Waals surface area contributed by atoms with Crippen LogP contribution in [-0.4, -0.2) is 18.2 Å². The normalized spacial score (nSPS) is 16.8. The third-order valence-corrected chi connectivity index (χ3v) is 7.33. The highest BCUT2D eigenvalue weighted by atomic mass is 19.1. The molecule has 0 radical (unpaired) electrons. The second-order valence-electron chi connectivity index (χ2n) is 9.68. The van der Waals surface area contributed by atoms with E-state index in [1.165, 1.54) is 23.6 Å². The molecule has 4 nitrogen and oxygen atoms in total. The molecule has 0 amide bonds. The zero-order valence-electron chi connectivity index (χ0n) is 20.6. The van der Waals surface area contributed by atoms with E-state index in [0.717, 1.165) is 60.1 Å². The van der Waals surface area contributed by atoms with E-state index < -0.39 is 5.97 Å². The second kappa shape index (κ2) is 10.6. The Balaban J connectivity index is 1.43. The summed E-state index contributed by atoms with van der Waals surface area (Å²) in [6, 6.07) is 17.0. The Labute approximate surface area is 211 Å². The van der Waals surface area contributed by atoms with E-state index in [-0.39, 0.29) is 18.2 Å². The van der Waals surface area contributed by atoms with Gasteiger partial charge < -0.3 is 14.6 Å². The van der Waals surface area contributed by atoms with Crippen LogP contribution in [0, 0.1) is 5.82 Å². The number of fused-ring (bicyclic) bond motifs is 1. The zero-order chi connectivity index (χ0) is 25.1. The van der Waals surface area contributed by atoms with E-state index in [1.807, 2.05) is 24.3 Å². The molecule has 0 spiro atoms. The SMILES string of the molecule is COc1ccc(F)c(-c2ccc(COc3ccc4c(c3)[C@@H](CC(=O)O)CC4)cc2C2=CCCCC2)c1. The summed E-state index contributed by atoms with van der Waals surface area (Å²) in [5.74, 6) is 0.373. The number of rotatable bonds is 8. The summed E-state index contributed by atoms with van der Waals surface area (Å²) in [4.78, 5) is 11.2. The van der Waals surface area contributed by atoms with Crippen LogP contribution >= 0.6 is 0 Å². The van der Waals surface area contributed by atoms with Gasteiger partial charge in [0, 0.05) is 5.56 Å². The molecule has 0 bridgehead atoms. The number of aliphatic carboxylic acids is 1. The Bertz CT molecular complexity index is 1310. The van der Waals surface area contributed by atoms with Gasteiger partial charge in [0.05, 0.1) is 13.5 Å². The summed E-state index contributed by atoms with van der Waals surface area (Å²) in [6.07, 6.45) is 8.50. The third kappa shape index (κ3) is 5.15. The van der Waals surface area contributed by atoms with Crippen LogP contribution in [0.15, 0.2) is 60.7 Å². The van der Waals surface area contributed by atoms with Gasteiger partial charge in [-0.15, -0.1) is 0 Å². The Morgan fingerprint density at radius 3 is 2.61 bits per heavy atom. The van der Waals surface area contributed by atoms with Crippen LogP contribution in [0.3, 0.4) is 0 Å². The van der Waals surface area contributed by atoms with Gasteiger partial charge in [-0.2, -0.15) is 0 Å². The van der Waals surface area contributed by atoms with Crippen molar-refractivity contribution < 1.29 is 23.8 Å². The van der Waals surface area contributed by atoms with Crippen LogP contribution in [0.2, 0.25) is 0 Å². The fourth-order valence-corrected chi connectivity index (χ4v) is 5.45. The number of hydrogen-bond acceptors (Lipinski definition) is 3. The van der Waals surface area contributed by atoms with Crippen LogP contribution in [-0.2, 0) is 17.8 Å². The molecule has 1 N–H and O–H groups in total. The van der Waals surface area contributed by atoms with Gasteiger partial charge >= 0.3 is 5.97 Å². The van der Waals surface area contributed by atoms with Crippen molar-refractivity contribution in [1.82, 2.24) is 0 Å². The topological polar surface area (TPSA) is 55.8 Å². The standard InChI is InChI=1S/C31H31FO4/c1-35-24-12-14-30(32)29(17-24)26-13-7-20(15-28(26)21-5-3-2-4-6-21)19-36-25-11-10-22-8-9-23(16-31(33)34)27(22)18-25/h5,7,10-15,17-18,23H,2-4,6,8-9,16,19H2,1H3,(H,33,34)/t23-/m1/s1. The minimum absolute atomic E-state index is 0.0444. The Morgan fingerprint density at radius 2 is 1.83 bits per heavy atom. The molecular weight excluding hydrogens is 455 g/mol. The molecule has 2 aliphatic rings. The largest absolute Gasteiger partial charge is 0.497 e. The lowest BCUT2D eigenvalue weighted by Gasteiger charge is -2.19. The van der Waals surface area contributed by atoms with Gasteiger partial charge in [-0.25, -0.2) is 4.39 Å². The van der Waals surface area contributed by atoms with E-state index in [2.05, 4.69) is 18.2 Å². The predicted molar refractivity (Wildman–Crippen MR) is 139 cm³/mol. The van der Waals surface area contributed by atoms with E-state index in [4.69, 9.17) is 9.47 Å². The van der Waals surface area contributed by atoms with Crippen molar-refractivity contribution in [3.8, 4) is 22.6 Å². The second-order valence-corrected chi connectivity index (χ2v) is 9.68. The van der Waals surface area contributed by atoms with Crippen molar-refractivity contribution in [1.29, 1.82) is 0 Å². The van der Waals surface area contributed by atoms with Crippen molar-refractivity contribution in [2.75, 3.05) is 7.11 Å². The lowest BCUT2D eigenvalue weighted by atomic mass is 9.87. The minimum Gasteiger partial charge on any atom is -0.497 e. The molecule has 5 rings (SSSR count). The van der Waals surface area contributed by atoms with Crippen LogP contribution in [0.1, 0.15) is 66.7 Å². The van der Waals surface area contributed by atoms with Crippen molar-refractivity contribution in [3.63, 3.8) is 0 Å². The van der Waals surface area contributed by atoms with Gasteiger partial charge in [0.1, 0.15) is 23.9 Å². The monoisotopic (exact) mass is 486 g/mol. The molecule has 186 valence electrons.